The Morgan fingerprint density at radius 2 is 1.88 bits per heavy atom. The van der Waals surface area contributed by atoms with Crippen molar-refractivity contribution in [3.8, 4) is 0 Å². The molecule has 6 nitrogen and oxygen atoms in total. The number of ether oxygens (including phenoxy) is 1. The average molecular weight is 396 g/mol. The largest absolute Gasteiger partial charge is 0.373 e. The first-order valence-electron chi connectivity index (χ1n) is 9.23. The SMILES string of the molecule is CC1CN(S(=O)(=O)N2CCCCC2c2nc3ccccc3s2)CC(C)O1. The van der Waals surface area contributed by atoms with Gasteiger partial charge in [-0.2, -0.15) is 17.0 Å². The van der Waals surface area contributed by atoms with E-state index in [0.717, 1.165) is 34.5 Å². The van der Waals surface area contributed by atoms with Crippen LogP contribution in [0.25, 0.3) is 10.2 Å². The molecule has 8 heteroatoms. The second kappa shape index (κ2) is 7.16. The van der Waals surface area contributed by atoms with Crippen LogP contribution in [0.3, 0.4) is 0 Å². The second-order valence-electron chi connectivity index (χ2n) is 7.22. The minimum absolute atomic E-state index is 0.0841. The van der Waals surface area contributed by atoms with Gasteiger partial charge in [0.15, 0.2) is 0 Å². The lowest BCUT2D eigenvalue weighted by atomic mass is 10.1. The molecule has 1 aromatic carbocycles. The van der Waals surface area contributed by atoms with Crippen molar-refractivity contribution in [2.75, 3.05) is 19.6 Å². The summed E-state index contributed by atoms with van der Waals surface area (Å²) in [5, 5.41) is 0.906. The maximum absolute atomic E-state index is 13.4. The van der Waals surface area contributed by atoms with Gasteiger partial charge < -0.3 is 4.74 Å². The maximum Gasteiger partial charge on any atom is 0.282 e. The van der Waals surface area contributed by atoms with E-state index in [1.807, 2.05) is 38.1 Å². The van der Waals surface area contributed by atoms with Crippen molar-refractivity contribution in [3.05, 3.63) is 29.3 Å². The monoisotopic (exact) mass is 395 g/mol. The summed E-state index contributed by atoms with van der Waals surface area (Å²) in [5.74, 6) is 0. The van der Waals surface area contributed by atoms with E-state index in [1.54, 1.807) is 19.9 Å². The zero-order chi connectivity index (χ0) is 18.3. The first-order valence-corrected chi connectivity index (χ1v) is 11.4. The van der Waals surface area contributed by atoms with Gasteiger partial charge >= 0.3 is 0 Å². The molecule has 0 amide bonds. The third-order valence-electron chi connectivity index (χ3n) is 5.06. The number of piperidine rings is 1. The van der Waals surface area contributed by atoms with Crippen LogP contribution in [-0.2, 0) is 14.9 Å². The summed E-state index contributed by atoms with van der Waals surface area (Å²) in [5.41, 5.74) is 0.948. The van der Waals surface area contributed by atoms with E-state index in [4.69, 9.17) is 9.72 Å². The molecule has 3 unspecified atom stereocenters. The molecule has 0 saturated carbocycles. The first-order chi connectivity index (χ1) is 12.4. The zero-order valence-corrected chi connectivity index (χ0v) is 16.8. The van der Waals surface area contributed by atoms with Crippen LogP contribution in [0.2, 0.25) is 0 Å². The van der Waals surface area contributed by atoms with Crippen LogP contribution in [0, 0.1) is 0 Å². The fourth-order valence-corrected chi connectivity index (χ4v) is 7.09. The molecular weight excluding hydrogens is 370 g/mol. The molecule has 0 N–H and O–H groups in total. The summed E-state index contributed by atoms with van der Waals surface area (Å²) in [4.78, 5) is 4.74. The molecule has 2 fully saturated rings. The van der Waals surface area contributed by atoms with Gasteiger partial charge in [0.2, 0.25) is 0 Å². The summed E-state index contributed by atoms with van der Waals surface area (Å²) in [6, 6.07) is 7.83. The first kappa shape index (κ1) is 18.3. The third-order valence-corrected chi connectivity index (χ3v) is 8.18. The predicted octanol–water partition coefficient (Wildman–Crippen LogP) is 3.18. The summed E-state index contributed by atoms with van der Waals surface area (Å²) in [6.07, 6.45) is 2.59. The van der Waals surface area contributed by atoms with Gasteiger partial charge in [0, 0.05) is 19.6 Å². The summed E-state index contributed by atoms with van der Waals surface area (Å²) in [6.45, 7) is 5.24. The van der Waals surface area contributed by atoms with Crippen LogP contribution < -0.4 is 0 Å². The number of hydrogen-bond acceptors (Lipinski definition) is 5. The number of aromatic nitrogens is 1. The highest BCUT2D eigenvalue weighted by atomic mass is 32.2. The van der Waals surface area contributed by atoms with Gasteiger partial charge in [-0.3, -0.25) is 0 Å². The number of morpholine rings is 1. The van der Waals surface area contributed by atoms with Crippen molar-refractivity contribution in [2.24, 2.45) is 0 Å². The molecule has 2 aromatic rings. The standard InChI is InChI=1S/C18H25N3O3S2/c1-13-11-20(12-14(2)24-13)26(22,23)21-10-6-5-8-16(21)18-19-15-7-3-4-9-17(15)25-18/h3-4,7,9,13-14,16H,5-6,8,10-12H2,1-2H3. The Hall–Kier alpha value is -1.06. The smallest absolute Gasteiger partial charge is 0.282 e. The normalized spacial score (nSPS) is 29.2. The number of para-hydroxylation sites is 1. The van der Waals surface area contributed by atoms with Crippen molar-refractivity contribution in [1.29, 1.82) is 0 Å². The van der Waals surface area contributed by atoms with Gasteiger partial charge in [-0.25, -0.2) is 4.98 Å². The van der Waals surface area contributed by atoms with Gasteiger partial charge in [0.05, 0.1) is 28.5 Å². The minimum Gasteiger partial charge on any atom is -0.373 e. The molecule has 26 heavy (non-hydrogen) atoms. The summed E-state index contributed by atoms with van der Waals surface area (Å²) < 4.78 is 36.9. The van der Waals surface area contributed by atoms with Gasteiger partial charge in [0.1, 0.15) is 5.01 Å². The Kier molecular flexibility index (Phi) is 5.04. The van der Waals surface area contributed by atoms with Crippen molar-refractivity contribution in [1.82, 2.24) is 13.6 Å². The van der Waals surface area contributed by atoms with E-state index in [-0.39, 0.29) is 18.2 Å². The Labute approximate surface area is 159 Å². The molecule has 3 atom stereocenters. The fraction of sp³-hybridized carbons (Fsp3) is 0.611. The van der Waals surface area contributed by atoms with Gasteiger partial charge in [-0.15, -0.1) is 11.3 Å². The van der Waals surface area contributed by atoms with E-state index < -0.39 is 10.2 Å². The van der Waals surface area contributed by atoms with E-state index in [0.29, 0.717) is 19.6 Å². The van der Waals surface area contributed by atoms with Gasteiger partial charge in [-0.1, -0.05) is 18.6 Å². The van der Waals surface area contributed by atoms with Crippen molar-refractivity contribution in [2.45, 2.75) is 51.4 Å². The molecule has 4 rings (SSSR count). The number of rotatable bonds is 3. The van der Waals surface area contributed by atoms with E-state index >= 15 is 0 Å². The molecule has 2 saturated heterocycles. The zero-order valence-electron chi connectivity index (χ0n) is 15.2. The number of nitrogens with zero attached hydrogens (tertiary/aromatic N) is 3. The summed E-state index contributed by atoms with van der Waals surface area (Å²) in [7, 11) is -3.53. The Bertz CT molecular complexity index is 840. The van der Waals surface area contributed by atoms with E-state index in [9.17, 15) is 8.42 Å². The highest BCUT2D eigenvalue weighted by molar-refractivity contribution is 7.86. The molecule has 142 valence electrons. The molecule has 2 aliphatic heterocycles. The van der Waals surface area contributed by atoms with Crippen molar-refractivity contribution < 1.29 is 13.2 Å². The molecular formula is C18H25N3O3S2. The van der Waals surface area contributed by atoms with Crippen LogP contribution >= 0.6 is 11.3 Å². The van der Waals surface area contributed by atoms with Gasteiger partial charge in [-0.05, 0) is 38.8 Å². The quantitative estimate of drug-likeness (QED) is 0.801. The summed E-state index contributed by atoms with van der Waals surface area (Å²) >= 11 is 1.61. The highest BCUT2D eigenvalue weighted by Gasteiger charge is 2.41. The number of benzene rings is 1. The fourth-order valence-electron chi connectivity index (χ4n) is 3.93. The number of fused-ring (bicyclic) bond motifs is 1. The van der Waals surface area contributed by atoms with E-state index in [2.05, 4.69) is 0 Å². The second-order valence-corrected chi connectivity index (χ2v) is 10.2. The topological polar surface area (TPSA) is 62.7 Å². The van der Waals surface area contributed by atoms with Crippen molar-refractivity contribution in [3.63, 3.8) is 0 Å². The molecule has 0 bridgehead atoms. The van der Waals surface area contributed by atoms with Crippen LogP contribution in [0.1, 0.15) is 44.2 Å². The van der Waals surface area contributed by atoms with Crippen LogP contribution in [-0.4, -0.2) is 53.9 Å². The minimum atomic E-state index is -3.53. The van der Waals surface area contributed by atoms with Crippen molar-refractivity contribution >= 4 is 31.8 Å². The number of hydrogen-bond donors (Lipinski definition) is 0. The molecule has 1 aromatic heterocycles. The predicted molar refractivity (Wildman–Crippen MR) is 103 cm³/mol. The van der Waals surface area contributed by atoms with Crippen LogP contribution in [0.4, 0.5) is 0 Å². The highest BCUT2D eigenvalue weighted by Crippen LogP contribution is 2.38. The molecule has 0 aliphatic carbocycles. The molecule has 0 radical (unpaired) electrons. The number of thiazole rings is 1. The molecule has 0 spiro atoms. The van der Waals surface area contributed by atoms with Crippen LogP contribution in [0.5, 0.6) is 0 Å². The molecule has 3 heterocycles. The maximum atomic E-state index is 13.4. The average Bonchev–Trinajstić information content (AvgIpc) is 3.05. The Balaban J connectivity index is 1.66. The van der Waals surface area contributed by atoms with Gasteiger partial charge in [0.25, 0.3) is 10.2 Å². The third kappa shape index (κ3) is 3.41. The molecule has 2 aliphatic rings. The van der Waals surface area contributed by atoms with Crippen LogP contribution in [0.15, 0.2) is 24.3 Å². The lowest BCUT2D eigenvalue weighted by Gasteiger charge is -2.40. The Morgan fingerprint density at radius 3 is 2.62 bits per heavy atom. The van der Waals surface area contributed by atoms with E-state index in [1.165, 1.54) is 0 Å². The Morgan fingerprint density at radius 1 is 1.15 bits per heavy atom. The lowest BCUT2D eigenvalue weighted by molar-refractivity contribution is -0.0460. The lowest BCUT2D eigenvalue weighted by Crippen LogP contribution is -2.54.